The Balaban J connectivity index is 0.000000160. The van der Waals surface area contributed by atoms with Crippen LogP contribution in [0.25, 0.3) is 48.1 Å². The van der Waals surface area contributed by atoms with Crippen molar-refractivity contribution in [2.24, 2.45) is 32.5 Å². The van der Waals surface area contributed by atoms with Crippen molar-refractivity contribution in [3.63, 3.8) is 0 Å². The van der Waals surface area contributed by atoms with Gasteiger partial charge in [0.1, 0.15) is 32.5 Å². The molecule has 3 aromatic heterocycles. The van der Waals surface area contributed by atoms with Crippen molar-refractivity contribution in [3.8, 4) is 31.7 Å². The van der Waals surface area contributed by atoms with Crippen LogP contribution in [0.4, 0.5) is 0 Å². The highest BCUT2D eigenvalue weighted by atomic mass is 32.1. The van der Waals surface area contributed by atoms with E-state index in [1.54, 1.807) is 34.0 Å². The third kappa shape index (κ3) is 14.7. The zero-order valence-corrected chi connectivity index (χ0v) is 45.4. The van der Waals surface area contributed by atoms with Gasteiger partial charge in [-0.05, 0) is 120 Å². The lowest BCUT2D eigenvalue weighted by Crippen LogP contribution is -2.14. The highest BCUT2D eigenvalue weighted by Crippen LogP contribution is 2.36. The summed E-state index contributed by atoms with van der Waals surface area (Å²) in [4.78, 5) is 17.3. The summed E-state index contributed by atoms with van der Waals surface area (Å²) in [5.41, 5.74) is 37.8. The van der Waals surface area contributed by atoms with Gasteiger partial charge in [0, 0.05) is 16.7 Å². The molecule has 4 aromatic carbocycles. The van der Waals surface area contributed by atoms with Gasteiger partial charge in [-0.2, -0.15) is 15.3 Å². The summed E-state index contributed by atoms with van der Waals surface area (Å²) in [6.07, 6.45) is 14.2. The molecule has 0 bridgehead atoms. The van der Waals surface area contributed by atoms with Gasteiger partial charge in [-0.25, -0.2) is 15.0 Å². The lowest BCUT2D eigenvalue weighted by molar-refractivity contribution is 0.443. The van der Waals surface area contributed by atoms with E-state index in [2.05, 4.69) is 136 Å². The van der Waals surface area contributed by atoms with Crippen LogP contribution < -0.4 is 33.5 Å². The molecule has 0 aliphatic heterocycles. The first-order valence-electron chi connectivity index (χ1n) is 24.7. The standard InChI is InChI=1S/C20H26N4S.C20H24N4S.C18H18N4S/c2*1-13-19(14(2)23-24-15(3)21)25-20(22-13)18-11-9-17(10-12-18)16-7-5-4-6-8-16;1-11-17(12(2)21-22-13(3)19)23-18(20-11)16-9-8-14-6-4-5-7-15(14)10-16/h9-12,16,24H,3-8,21H2,1-2H3;7,9-12,24H,3-6,8,21H2,1-2H3;4-10,22H,3,19H2,1-2H3/b2*23-14+;21-12+. The van der Waals surface area contributed by atoms with E-state index in [4.69, 9.17) is 32.2 Å². The fraction of sp³-hybridized carbons (Fsp3) is 0.276. The van der Waals surface area contributed by atoms with Crippen LogP contribution >= 0.6 is 34.0 Å². The number of nitrogens with two attached hydrogens (primary N) is 3. The number of aryl methyl sites for hydroxylation is 3. The molecule has 2 aliphatic rings. The number of hydrazone groups is 3. The Hall–Kier alpha value is -7.20. The Labute approximate surface area is 442 Å². The zero-order chi connectivity index (χ0) is 52.0. The van der Waals surface area contributed by atoms with Gasteiger partial charge in [0.25, 0.3) is 0 Å². The summed E-state index contributed by atoms with van der Waals surface area (Å²) in [5.74, 6) is 1.72. The third-order valence-corrected chi connectivity index (χ3v) is 16.4. The topological polar surface area (TPSA) is 190 Å². The molecule has 9 N–H and O–H groups in total. The number of benzene rings is 4. The number of fused-ring (bicyclic) bond motifs is 1. The molecule has 73 heavy (non-hydrogen) atoms. The average molecular weight is 1030 g/mol. The lowest BCUT2D eigenvalue weighted by Gasteiger charge is -2.21. The predicted octanol–water partition coefficient (Wildman–Crippen LogP) is 13.7. The minimum atomic E-state index is 0.321. The molecule has 0 atom stereocenters. The van der Waals surface area contributed by atoms with E-state index in [1.807, 2.05) is 53.7 Å². The van der Waals surface area contributed by atoms with Gasteiger partial charge in [-0.15, -0.1) is 34.0 Å². The first-order chi connectivity index (χ1) is 35.1. The number of thiazole rings is 3. The molecular weight excluding hydrogens is 961 g/mol. The maximum absolute atomic E-state index is 5.50. The Morgan fingerprint density at radius 3 is 1.40 bits per heavy atom. The number of hydrogen-bond donors (Lipinski definition) is 6. The molecule has 15 heteroatoms. The first-order valence-corrected chi connectivity index (χ1v) is 27.1. The second-order valence-corrected chi connectivity index (χ2v) is 21.4. The highest BCUT2D eigenvalue weighted by molar-refractivity contribution is 7.18. The Morgan fingerprint density at radius 1 is 0.521 bits per heavy atom. The number of allylic oxidation sites excluding steroid dienone is 2. The van der Waals surface area contributed by atoms with Gasteiger partial charge >= 0.3 is 0 Å². The molecule has 3 heterocycles. The van der Waals surface area contributed by atoms with E-state index in [-0.39, 0.29) is 0 Å². The van der Waals surface area contributed by atoms with Gasteiger partial charge in [0.15, 0.2) is 0 Å². The first kappa shape index (κ1) is 53.6. The number of nitrogens with one attached hydrogen (secondary N) is 3. The summed E-state index contributed by atoms with van der Waals surface area (Å²) in [7, 11) is 0. The molecule has 1 saturated carbocycles. The van der Waals surface area contributed by atoms with E-state index in [9.17, 15) is 0 Å². The van der Waals surface area contributed by atoms with Crippen LogP contribution in [0.3, 0.4) is 0 Å². The summed E-state index contributed by atoms with van der Waals surface area (Å²) >= 11 is 4.94. The Bertz CT molecular complexity index is 3180. The van der Waals surface area contributed by atoms with Crippen molar-refractivity contribution in [3.05, 3.63) is 177 Å². The molecule has 0 amide bonds. The van der Waals surface area contributed by atoms with Crippen molar-refractivity contribution in [1.82, 2.24) is 31.2 Å². The Kier molecular flexibility index (Phi) is 18.7. The highest BCUT2D eigenvalue weighted by Gasteiger charge is 2.18. The van der Waals surface area contributed by atoms with E-state index in [0.717, 1.165) is 80.9 Å². The molecule has 0 spiro atoms. The van der Waals surface area contributed by atoms with Gasteiger partial charge in [0.2, 0.25) is 0 Å². The molecule has 2 aliphatic carbocycles. The average Bonchev–Trinajstić information content (AvgIpc) is 4.13. The van der Waals surface area contributed by atoms with Gasteiger partial charge < -0.3 is 17.2 Å². The van der Waals surface area contributed by atoms with Gasteiger partial charge in [-0.1, -0.05) is 130 Å². The fourth-order valence-electron chi connectivity index (χ4n) is 8.77. The smallest absolute Gasteiger partial charge is 0.124 e. The third-order valence-electron chi connectivity index (χ3n) is 12.5. The van der Waals surface area contributed by atoms with E-state index in [1.165, 1.54) is 90.8 Å². The molecule has 9 rings (SSSR count). The largest absolute Gasteiger partial charge is 0.385 e. The van der Waals surface area contributed by atoms with Gasteiger partial charge in [-0.3, -0.25) is 16.3 Å². The van der Waals surface area contributed by atoms with Gasteiger partial charge in [0.05, 0.1) is 48.8 Å². The molecule has 1 fully saturated rings. The maximum atomic E-state index is 5.50. The normalized spacial score (nSPS) is 14.3. The van der Waals surface area contributed by atoms with Crippen molar-refractivity contribution in [2.75, 3.05) is 0 Å². The number of nitrogens with zero attached hydrogens (tertiary/aromatic N) is 6. The Morgan fingerprint density at radius 2 is 0.945 bits per heavy atom. The molecule has 0 saturated heterocycles. The van der Waals surface area contributed by atoms with Crippen LogP contribution in [-0.2, 0) is 0 Å². The number of hydrogen-bond acceptors (Lipinski definition) is 15. The SMILES string of the molecule is C=C(N)N/N=C(\C)c1sc(-c2ccc(C3=CCCCC3)cc2)nc1C.C=C(N)N/N=C(\C)c1sc(-c2ccc(C3CCCCC3)cc2)nc1C.C=C(N)N/N=C(\C)c1sc(-c2ccc3ccccc3c2)nc1C. The second-order valence-electron chi connectivity index (χ2n) is 18.4. The van der Waals surface area contributed by atoms with Crippen LogP contribution in [0.1, 0.15) is 127 Å². The quantitative estimate of drug-likeness (QED) is 0.0455. The van der Waals surface area contributed by atoms with Crippen LogP contribution in [0.15, 0.2) is 150 Å². The van der Waals surface area contributed by atoms with Crippen molar-refractivity contribution in [1.29, 1.82) is 0 Å². The molecule has 7 aromatic rings. The molecule has 378 valence electrons. The van der Waals surface area contributed by atoms with E-state index in [0.29, 0.717) is 17.5 Å². The summed E-state index contributed by atoms with van der Waals surface area (Å²) in [5, 5.41) is 18.2. The van der Waals surface area contributed by atoms with Crippen LogP contribution in [0.2, 0.25) is 0 Å². The summed E-state index contributed by atoms with van der Waals surface area (Å²) in [6, 6.07) is 32.5. The minimum Gasteiger partial charge on any atom is -0.385 e. The number of aromatic nitrogens is 3. The van der Waals surface area contributed by atoms with Crippen molar-refractivity contribution >= 4 is 67.5 Å². The minimum absolute atomic E-state index is 0.321. The van der Waals surface area contributed by atoms with Crippen LogP contribution in [0, 0.1) is 20.8 Å². The van der Waals surface area contributed by atoms with E-state index < -0.39 is 0 Å². The molecule has 0 unspecified atom stereocenters. The van der Waals surface area contributed by atoms with E-state index >= 15 is 0 Å². The van der Waals surface area contributed by atoms with Crippen LogP contribution in [0.5, 0.6) is 0 Å². The lowest BCUT2D eigenvalue weighted by atomic mass is 9.84. The molecular formula is C58H68N12S3. The monoisotopic (exact) mass is 1030 g/mol. The molecule has 12 nitrogen and oxygen atoms in total. The zero-order valence-electron chi connectivity index (χ0n) is 42.9. The predicted molar refractivity (Wildman–Crippen MR) is 313 cm³/mol. The maximum Gasteiger partial charge on any atom is 0.124 e. The molecule has 0 radical (unpaired) electrons. The van der Waals surface area contributed by atoms with Crippen molar-refractivity contribution < 1.29 is 0 Å². The summed E-state index contributed by atoms with van der Waals surface area (Å²) < 4.78 is 0. The van der Waals surface area contributed by atoms with Crippen LogP contribution in [-0.4, -0.2) is 32.1 Å². The second kappa shape index (κ2) is 25.5. The summed E-state index contributed by atoms with van der Waals surface area (Å²) in [6.45, 7) is 22.6. The fourth-order valence-corrected chi connectivity index (χ4v) is 11.8. The number of rotatable bonds is 14. The van der Waals surface area contributed by atoms with Crippen molar-refractivity contribution in [2.45, 2.75) is 105 Å².